The van der Waals surface area contributed by atoms with E-state index in [0.717, 1.165) is 34.3 Å². The van der Waals surface area contributed by atoms with E-state index in [2.05, 4.69) is 9.97 Å². The quantitative estimate of drug-likeness (QED) is 0.773. The molecule has 0 atom stereocenters. The molecule has 3 heterocycles. The molecule has 6 nitrogen and oxygen atoms in total. The molecule has 0 saturated heterocycles. The lowest BCUT2D eigenvalue weighted by Gasteiger charge is -2.23. The molecule has 3 aromatic rings. The Morgan fingerprint density at radius 3 is 2.71 bits per heavy atom. The van der Waals surface area contributed by atoms with Crippen molar-refractivity contribution in [3.05, 3.63) is 22.9 Å². The smallest absolute Gasteiger partial charge is 0.271 e. The summed E-state index contributed by atoms with van der Waals surface area (Å²) in [7, 11) is 3.88. The third kappa shape index (κ3) is 2.26. The van der Waals surface area contributed by atoms with Gasteiger partial charge in [-0.2, -0.15) is 0 Å². The average molecular weight is 343 g/mol. The first-order valence-corrected chi connectivity index (χ1v) is 9.14. The van der Waals surface area contributed by atoms with Crippen molar-refractivity contribution in [2.45, 2.75) is 38.1 Å². The molecule has 1 aliphatic carbocycles. The van der Waals surface area contributed by atoms with Crippen LogP contribution in [0, 0.1) is 0 Å². The fourth-order valence-corrected chi connectivity index (χ4v) is 4.75. The normalized spacial score (nSPS) is 16.1. The molecule has 0 aliphatic heterocycles. The van der Waals surface area contributed by atoms with Gasteiger partial charge < -0.3 is 10.6 Å². The number of nitrogens with two attached hydrogens (primary N) is 1. The van der Waals surface area contributed by atoms with E-state index in [9.17, 15) is 4.79 Å². The molecule has 1 fully saturated rings. The van der Waals surface area contributed by atoms with E-state index in [-0.39, 0.29) is 11.6 Å². The highest BCUT2D eigenvalue weighted by Crippen LogP contribution is 2.39. The van der Waals surface area contributed by atoms with Crippen molar-refractivity contribution in [1.29, 1.82) is 0 Å². The maximum absolute atomic E-state index is 13.0. The maximum atomic E-state index is 13.0. The fraction of sp³-hybridized carbons (Fsp3) is 0.471. The van der Waals surface area contributed by atoms with Gasteiger partial charge in [0.1, 0.15) is 15.0 Å². The molecule has 0 amide bonds. The van der Waals surface area contributed by atoms with Crippen LogP contribution in [-0.2, 0) is 0 Å². The number of nitrogens with zero attached hydrogens (tertiary/aromatic N) is 4. The highest BCUT2D eigenvalue weighted by Gasteiger charge is 2.22. The number of rotatable bonds is 2. The third-order valence-electron chi connectivity index (χ3n) is 4.85. The molecular weight excluding hydrogens is 322 g/mol. The van der Waals surface area contributed by atoms with E-state index in [0.29, 0.717) is 10.4 Å². The van der Waals surface area contributed by atoms with Gasteiger partial charge >= 0.3 is 0 Å². The standard InChI is InChI=1S/C17H21N5OS/c1-21(2)14-11(18)8-19-16-12(14)13-15(24-16)17(23)22(9-20-13)10-6-4-3-5-7-10/h8-10H,3-7,18H2,1-2H3. The molecule has 0 unspecified atom stereocenters. The summed E-state index contributed by atoms with van der Waals surface area (Å²) in [6.45, 7) is 0. The molecule has 0 bridgehead atoms. The second-order valence-electron chi connectivity index (χ2n) is 6.67. The van der Waals surface area contributed by atoms with Crippen molar-refractivity contribution >= 4 is 43.1 Å². The summed E-state index contributed by atoms with van der Waals surface area (Å²) in [5, 5.41) is 0.882. The summed E-state index contributed by atoms with van der Waals surface area (Å²) in [4.78, 5) is 24.9. The van der Waals surface area contributed by atoms with Gasteiger partial charge in [0.25, 0.3) is 5.56 Å². The predicted molar refractivity (Wildman–Crippen MR) is 100 cm³/mol. The molecule has 24 heavy (non-hydrogen) atoms. The number of fused-ring (bicyclic) bond motifs is 3. The Morgan fingerprint density at radius 2 is 2.00 bits per heavy atom. The number of aromatic nitrogens is 3. The van der Waals surface area contributed by atoms with Gasteiger partial charge in [-0.15, -0.1) is 11.3 Å². The predicted octanol–water partition coefficient (Wildman–Crippen LogP) is 3.16. The molecule has 126 valence electrons. The minimum absolute atomic E-state index is 0.0539. The van der Waals surface area contributed by atoms with Crippen LogP contribution in [0.5, 0.6) is 0 Å². The lowest BCUT2D eigenvalue weighted by Crippen LogP contribution is -2.26. The van der Waals surface area contributed by atoms with Crippen LogP contribution in [0.15, 0.2) is 17.3 Å². The summed E-state index contributed by atoms with van der Waals surface area (Å²) in [5.74, 6) is 0. The van der Waals surface area contributed by atoms with Gasteiger partial charge in [-0.25, -0.2) is 9.97 Å². The Hall–Kier alpha value is -2.15. The lowest BCUT2D eigenvalue weighted by molar-refractivity contribution is 0.345. The lowest BCUT2D eigenvalue weighted by atomic mass is 9.95. The van der Waals surface area contributed by atoms with Crippen LogP contribution in [-0.4, -0.2) is 28.6 Å². The van der Waals surface area contributed by atoms with E-state index in [1.807, 2.05) is 23.6 Å². The number of hydrogen-bond donors (Lipinski definition) is 1. The Kier molecular flexibility index (Phi) is 3.68. The number of nitrogen functional groups attached to an aromatic ring is 1. The molecule has 2 N–H and O–H groups in total. The monoisotopic (exact) mass is 343 g/mol. The highest BCUT2D eigenvalue weighted by atomic mass is 32.1. The molecule has 0 radical (unpaired) electrons. The topological polar surface area (TPSA) is 77.0 Å². The van der Waals surface area contributed by atoms with Crippen LogP contribution in [0.1, 0.15) is 38.1 Å². The van der Waals surface area contributed by atoms with Crippen molar-refractivity contribution < 1.29 is 0 Å². The maximum Gasteiger partial charge on any atom is 0.271 e. The van der Waals surface area contributed by atoms with Gasteiger partial charge in [-0.3, -0.25) is 9.36 Å². The highest BCUT2D eigenvalue weighted by molar-refractivity contribution is 7.25. The van der Waals surface area contributed by atoms with Gasteiger partial charge in [-0.1, -0.05) is 19.3 Å². The number of pyridine rings is 1. The fourth-order valence-electron chi connectivity index (χ4n) is 3.71. The minimum atomic E-state index is 0.0539. The molecule has 0 spiro atoms. The van der Waals surface area contributed by atoms with Crippen LogP contribution in [0.25, 0.3) is 20.4 Å². The van der Waals surface area contributed by atoms with Crippen LogP contribution >= 0.6 is 11.3 Å². The summed E-state index contributed by atoms with van der Waals surface area (Å²) in [6.07, 6.45) is 9.13. The zero-order valence-electron chi connectivity index (χ0n) is 14.0. The summed E-state index contributed by atoms with van der Waals surface area (Å²) >= 11 is 1.42. The minimum Gasteiger partial charge on any atom is -0.396 e. The van der Waals surface area contributed by atoms with Crippen LogP contribution < -0.4 is 16.2 Å². The molecule has 1 aliphatic rings. The molecule has 7 heteroatoms. The first kappa shape index (κ1) is 15.4. The zero-order chi connectivity index (χ0) is 16.8. The van der Waals surface area contributed by atoms with Gasteiger partial charge in [0.15, 0.2) is 0 Å². The largest absolute Gasteiger partial charge is 0.396 e. The summed E-state index contributed by atoms with van der Waals surface area (Å²) in [6, 6.07) is 0.278. The van der Waals surface area contributed by atoms with E-state index in [4.69, 9.17) is 5.73 Å². The first-order valence-electron chi connectivity index (χ1n) is 8.33. The number of thiophene rings is 1. The molecule has 0 aromatic carbocycles. The van der Waals surface area contributed by atoms with E-state index in [1.54, 1.807) is 12.5 Å². The van der Waals surface area contributed by atoms with Crippen molar-refractivity contribution in [1.82, 2.24) is 14.5 Å². The van der Waals surface area contributed by atoms with E-state index in [1.165, 1.54) is 30.6 Å². The molecular formula is C17H21N5OS. The Morgan fingerprint density at radius 1 is 1.25 bits per heavy atom. The van der Waals surface area contributed by atoms with E-state index >= 15 is 0 Å². The van der Waals surface area contributed by atoms with Crippen LogP contribution in [0.2, 0.25) is 0 Å². The Balaban J connectivity index is 1.99. The van der Waals surface area contributed by atoms with Gasteiger partial charge in [-0.05, 0) is 12.8 Å². The Labute approximate surface area is 143 Å². The van der Waals surface area contributed by atoms with Crippen molar-refractivity contribution in [2.24, 2.45) is 0 Å². The van der Waals surface area contributed by atoms with Crippen molar-refractivity contribution in [3.63, 3.8) is 0 Å². The SMILES string of the molecule is CN(C)c1c(N)cnc2sc3c(=O)n(C4CCCCC4)cnc3c12. The summed E-state index contributed by atoms with van der Waals surface area (Å²) in [5.41, 5.74) is 8.37. The molecule has 4 rings (SSSR count). The van der Waals surface area contributed by atoms with Gasteiger partial charge in [0.2, 0.25) is 0 Å². The van der Waals surface area contributed by atoms with Crippen LogP contribution in [0.3, 0.4) is 0 Å². The second-order valence-corrected chi connectivity index (χ2v) is 7.66. The average Bonchev–Trinajstić information content (AvgIpc) is 2.95. The first-order chi connectivity index (χ1) is 11.6. The molecule has 3 aromatic heterocycles. The number of anilines is 2. The van der Waals surface area contributed by atoms with Crippen LogP contribution in [0.4, 0.5) is 11.4 Å². The van der Waals surface area contributed by atoms with Crippen molar-refractivity contribution in [2.75, 3.05) is 24.7 Å². The number of hydrogen-bond acceptors (Lipinski definition) is 6. The van der Waals surface area contributed by atoms with Gasteiger partial charge in [0, 0.05) is 20.1 Å². The summed E-state index contributed by atoms with van der Waals surface area (Å²) < 4.78 is 2.51. The van der Waals surface area contributed by atoms with E-state index < -0.39 is 0 Å². The Bertz CT molecular complexity index is 968. The second kappa shape index (κ2) is 5.73. The third-order valence-corrected chi connectivity index (χ3v) is 5.93. The molecule has 1 saturated carbocycles. The van der Waals surface area contributed by atoms with Crippen molar-refractivity contribution in [3.8, 4) is 0 Å². The van der Waals surface area contributed by atoms with Gasteiger partial charge in [0.05, 0.1) is 29.3 Å². The zero-order valence-corrected chi connectivity index (χ0v) is 14.8.